The standard InChI is InChI=1S/C12H16Br2N2O/c1-8(9-2-4-17-5-3-9)16-12-11(14)6-10(13)7-15-12/h6-9H,2-5H2,1H3,(H,15,16). The van der Waals surface area contributed by atoms with Gasteiger partial charge in [-0.15, -0.1) is 0 Å². The fourth-order valence-corrected chi connectivity index (χ4v) is 3.17. The normalized spacial score (nSPS) is 19.0. The Balaban J connectivity index is 1.99. The zero-order valence-electron chi connectivity index (χ0n) is 9.75. The van der Waals surface area contributed by atoms with Gasteiger partial charge in [-0.1, -0.05) is 0 Å². The van der Waals surface area contributed by atoms with E-state index in [1.165, 1.54) is 0 Å². The van der Waals surface area contributed by atoms with E-state index in [0.29, 0.717) is 12.0 Å². The highest BCUT2D eigenvalue weighted by atomic mass is 79.9. The molecule has 0 saturated carbocycles. The van der Waals surface area contributed by atoms with Crippen LogP contribution in [-0.2, 0) is 4.74 Å². The maximum atomic E-state index is 5.38. The number of pyridine rings is 1. The molecule has 0 bridgehead atoms. The molecule has 1 aliphatic heterocycles. The van der Waals surface area contributed by atoms with Crippen LogP contribution in [0, 0.1) is 5.92 Å². The zero-order valence-corrected chi connectivity index (χ0v) is 12.9. The molecule has 0 spiro atoms. The molecule has 0 aromatic carbocycles. The highest BCUT2D eigenvalue weighted by molar-refractivity contribution is 9.11. The molecule has 1 N–H and O–H groups in total. The molecule has 1 saturated heterocycles. The van der Waals surface area contributed by atoms with E-state index >= 15 is 0 Å². The second kappa shape index (κ2) is 6.16. The Hall–Kier alpha value is -0.130. The lowest BCUT2D eigenvalue weighted by molar-refractivity contribution is 0.0622. The number of aromatic nitrogens is 1. The number of halogens is 2. The zero-order chi connectivity index (χ0) is 12.3. The highest BCUT2D eigenvalue weighted by Crippen LogP contribution is 2.27. The smallest absolute Gasteiger partial charge is 0.140 e. The summed E-state index contributed by atoms with van der Waals surface area (Å²) in [6.07, 6.45) is 4.06. The summed E-state index contributed by atoms with van der Waals surface area (Å²) in [6.45, 7) is 3.98. The van der Waals surface area contributed by atoms with E-state index in [9.17, 15) is 0 Å². The van der Waals surface area contributed by atoms with Crippen LogP contribution < -0.4 is 5.32 Å². The first kappa shape index (κ1) is 13.3. The van der Waals surface area contributed by atoms with E-state index in [0.717, 1.165) is 40.8 Å². The maximum absolute atomic E-state index is 5.38. The van der Waals surface area contributed by atoms with Gasteiger partial charge in [0.15, 0.2) is 0 Å². The SMILES string of the molecule is CC(Nc1ncc(Br)cc1Br)C1CCOCC1. The molecule has 1 unspecified atom stereocenters. The van der Waals surface area contributed by atoms with Crippen molar-refractivity contribution in [2.75, 3.05) is 18.5 Å². The second-order valence-corrected chi connectivity index (χ2v) is 6.14. The maximum Gasteiger partial charge on any atom is 0.140 e. The van der Waals surface area contributed by atoms with Gasteiger partial charge < -0.3 is 10.1 Å². The Morgan fingerprint density at radius 2 is 2.12 bits per heavy atom. The minimum atomic E-state index is 0.420. The third kappa shape index (κ3) is 3.66. The monoisotopic (exact) mass is 362 g/mol. The van der Waals surface area contributed by atoms with Crippen molar-refractivity contribution in [1.82, 2.24) is 4.98 Å². The van der Waals surface area contributed by atoms with Crippen LogP contribution in [0.15, 0.2) is 21.2 Å². The molecule has 94 valence electrons. The highest BCUT2D eigenvalue weighted by Gasteiger charge is 2.21. The van der Waals surface area contributed by atoms with Crippen molar-refractivity contribution in [1.29, 1.82) is 0 Å². The number of anilines is 1. The van der Waals surface area contributed by atoms with E-state index < -0.39 is 0 Å². The van der Waals surface area contributed by atoms with E-state index in [2.05, 4.69) is 49.1 Å². The van der Waals surface area contributed by atoms with Crippen LogP contribution in [0.1, 0.15) is 19.8 Å². The van der Waals surface area contributed by atoms with Crippen LogP contribution in [0.2, 0.25) is 0 Å². The van der Waals surface area contributed by atoms with Crippen LogP contribution in [0.4, 0.5) is 5.82 Å². The number of nitrogens with zero attached hydrogens (tertiary/aromatic N) is 1. The van der Waals surface area contributed by atoms with Gasteiger partial charge in [-0.2, -0.15) is 0 Å². The average Bonchev–Trinajstić information content (AvgIpc) is 2.34. The first-order chi connectivity index (χ1) is 8.16. The second-order valence-electron chi connectivity index (χ2n) is 4.37. The summed E-state index contributed by atoms with van der Waals surface area (Å²) in [4.78, 5) is 4.38. The van der Waals surface area contributed by atoms with Crippen LogP contribution in [0.5, 0.6) is 0 Å². The fraction of sp³-hybridized carbons (Fsp3) is 0.583. The van der Waals surface area contributed by atoms with Gasteiger partial charge in [0.1, 0.15) is 5.82 Å². The third-order valence-electron chi connectivity index (χ3n) is 3.15. The summed E-state index contributed by atoms with van der Waals surface area (Å²) < 4.78 is 7.35. The summed E-state index contributed by atoms with van der Waals surface area (Å²) in [5.41, 5.74) is 0. The summed E-state index contributed by atoms with van der Waals surface area (Å²) in [5, 5.41) is 3.47. The molecule has 1 aromatic rings. The molecule has 3 nitrogen and oxygen atoms in total. The minimum Gasteiger partial charge on any atom is -0.381 e. The third-order valence-corrected chi connectivity index (χ3v) is 4.18. The topological polar surface area (TPSA) is 34.2 Å². The Labute approximate surface area is 119 Å². The lowest BCUT2D eigenvalue weighted by Crippen LogP contribution is -2.31. The summed E-state index contributed by atoms with van der Waals surface area (Å²) in [6, 6.07) is 2.43. The Morgan fingerprint density at radius 3 is 2.76 bits per heavy atom. The molecular formula is C12H16Br2N2O. The summed E-state index contributed by atoms with van der Waals surface area (Å²) in [5.74, 6) is 1.58. The van der Waals surface area contributed by atoms with E-state index in [1.54, 1.807) is 0 Å². The van der Waals surface area contributed by atoms with Gasteiger partial charge in [0.2, 0.25) is 0 Å². The van der Waals surface area contributed by atoms with E-state index in [4.69, 9.17) is 4.74 Å². The van der Waals surface area contributed by atoms with Crippen LogP contribution in [0.3, 0.4) is 0 Å². The quantitative estimate of drug-likeness (QED) is 0.885. The molecule has 1 aliphatic rings. The molecule has 0 aliphatic carbocycles. The van der Waals surface area contributed by atoms with Crippen molar-refractivity contribution >= 4 is 37.7 Å². The van der Waals surface area contributed by atoms with Crippen molar-refractivity contribution in [2.24, 2.45) is 5.92 Å². The predicted octanol–water partition coefficient (Wildman–Crippen LogP) is 3.83. The number of ether oxygens (including phenoxy) is 1. The fourth-order valence-electron chi connectivity index (χ4n) is 2.07. The molecule has 1 atom stereocenters. The average molecular weight is 364 g/mol. The Kier molecular flexibility index (Phi) is 4.82. The molecular weight excluding hydrogens is 348 g/mol. The minimum absolute atomic E-state index is 0.420. The van der Waals surface area contributed by atoms with Crippen LogP contribution in [-0.4, -0.2) is 24.2 Å². The Bertz CT molecular complexity index is 381. The van der Waals surface area contributed by atoms with Crippen molar-refractivity contribution in [3.05, 3.63) is 21.2 Å². The van der Waals surface area contributed by atoms with Crippen molar-refractivity contribution in [2.45, 2.75) is 25.8 Å². The Morgan fingerprint density at radius 1 is 1.41 bits per heavy atom. The van der Waals surface area contributed by atoms with Gasteiger partial charge in [0.05, 0.1) is 4.47 Å². The van der Waals surface area contributed by atoms with Gasteiger partial charge >= 0.3 is 0 Å². The summed E-state index contributed by atoms with van der Waals surface area (Å²) in [7, 11) is 0. The van der Waals surface area contributed by atoms with Crippen LogP contribution >= 0.6 is 31.9 Å². The molecule has 0 amide bonds. The first-order valence-electron chi connectivity index (χ1n) is 5.82. The van der Waals surface area contributed by atoms with Gasteiger partial charge in [-0.3, -0.25) is 0 Å². The molecule has 0 radical (unpaired) electrons. The van der Waals surface area contributed by atoms with Crippen molar-refractivity contribution in [3.8, 4) is 0 Å². The molecule has 2 rings (SSSR count). The van der Waals surface area contributed by atoms with Crippen molar-refractivity contribution in [3.63, 3.8) is 0 Å². The lowest BCUT2D eigenvalue weighted by Gasteiger charge is -2.28. The number of nitrogens with one attached hydrogen (secondary N) is 1. The molecule has 2 heterocycles. The molecule has 1 aromatic heterocycles. The van der Waals surface area contributed by atoms with E-state index in [-0.39, 0.29) is 0 Å². The molecule has 1 fully saturated rings. The first-order valence-corrected chi connectivity index (χ1v) is 7.40. The molecule has 5 heteroatoms. The van der Waals surface area contributed by atoms with Gasteiger partial charge in [-0.05, 0) is 63.6 Å². The number of hydrogen-bond acceptors (Lipinski definition) is 3. The largest absolute Gasteiger partial charge is 0.381 e. The van der Waals surface area contributed by atoms with E-state index in [1.807, 2.05) is 12.3 Å². The lowest BCUT2D eigenvalue weighted by atomic mass is 9.93. The predicted molar refractivity (Wildman–Crippen MR) is 76.3 cm³/mol. The number of hydrogen-bond donors (Lipinski definition) is 1. The number of rotatable bonds is 3. The van der Waals surface area contributed by atoms with Crippen molar-refractivity contribution < 1.29 is 4.74 Å². The molecule has 17 heavy (non-hydrogen) atoms. The van der Waals surface area contributed by atoms with Gasteiger partial charge in [0, 0.05) is 29.9 Å². The van der Waals surface area contributed by atoms with Gasteiger partial charge in [-0.25, -0.2) is 4.98 Å². The summed E-state index contributed by atoms with van der Waals surface area (Å²) >= 11 is 6.92. The van der Waals surface area contributed by atoms with Gasteiger partial charge in [0.25, 0.3) is 0 Å². The van der Waals surface area contributed by atoms with Crippen LogP contribution in [0.25, 0.3) is 0 Å².